The molecule has 92 valence electrons. The summed E-state index contributed by atoms with van der Waals surface area (Å²) < 4.78 is 4.97. The van der Waals surface area contributed by atoms with Crippen LogP contribution >= 0.6 is 0 Å². The second-order valence-electron chi connectivity index (χ2n) is 3.97. The van der Waals surface area contributed by atoms with E-state index in [0.717, 1.165) is 5.56 Å². The zero-order chi connectivity index (χ0) is 13.0. The molecule has 0 bridgehead atoms. The number of nitrogens with two attached hydrogens (primary N) is 2. The lowest BCUT2D eigenvalue weighted by atomic mass is 10.1. The van der Waals surface area contributed by atoms with Crippen molar-refractivity contribution in [3.8, 4) is 0 Å². The fourth-order valence-electron chi connectivity index (χ4n) is 1.17. The molecule has 0 spiro atoms. The van der Waals surface area contributed by atoms with Crippen molar-refractivity contribution in [2.45, 2.75) is 13.8 Å². The Morgan fingerprint density at radius 3 is 2.59 bits per heavy atom. The van der Waals surface area contributed by atoms with Crippen LogP contribution in [-0.2, 0) is 9.53 Å². The monoisotopic (exact) mass is 236 g/mol. The van der Waals surface area contributed by atoms with Gasteiger partial charge in [0.15, 0.2) is 0 Å². The second-order valence-corrected chi connectivity index (χ2v) is 3.97. The van der Waals surface area contributed by atoms with E-state index in [1.165, 1.54) is 0 Å². The van der Waals surface area contributed by atoms with Gasteiger partial charge in [-0.05, 0) is 30.7 Å². The highest BCUT2D eigenvalue weighted by Crippen LogP contribution is 2.13. The molecule has 0 aromatic heterocycles. The molecule has 1 aromatic carbocycles. The number of ether oxygens (including phenoxy) is 1. The SMILES string of the molecule is Cc1cc(C(=O)OCC(C)C(N)=O)ccc1N. The molecule has 5 heteroatoms. The number of carbonyl (C=O) groups excluding carboxylic acids is 2. The summed E-state index contributed by atoms with van der Waals surface area (Å²) in [5.41, 5.74) is 12.5. The highest BCUT2D eigenvalue weighted by Gasteiger charge is 2.13. The van der Waals surface area contributed by atoms with Crippen molar-refractivity contribution in [3.63, 3.8) is 0 Å². The maximum absolute atomic E-state index is 11.6. The molecule has 1 unspecified atom stereocenters. The third-order valence-electron chi connectivity index (χ3n) is 2.46. The van der Waals surface area contributed by atoms with E-state index in [1.54, 1.807) is 32.0 Å². The van der Waals surface area contributed by atoms with Gasteiger partial charge >= 0.3 is 5.97 Å². The molecule has 1 amide bonds. The zero-order valence-electron chi connectivity index (χ0n) is 9.90. The van der Waals surface area contributed by atoms with Crippen molar-refractivity contribution in [1.29, 1.82) is 0 Å². The molecule has 0 aliphatic carbocycles. The van der Waals surface area contributed by atoms with Crippen molar-refractivity contribution in [2.75, 3.05) is 12.3 Å². The normalized spacial score (nSPS) is 11.9. The lowest BCUT2D eigenvalue weighted by molar-refractivity contribution is -0.122. The summed E-state index contributed by atoms with van der Waals surface area (Å²) >= 11 is 0. The average molecular weight is 236 g/mol. The van der Waals surface area contributed by atoms with Crippen molar-refractivity contribution in [1.82, 2.24) is 0 Å². The Hall–Kier alpha value is -2.04. The molecule has 0 aliphatic rings. The van der Waals surface area contributed by atoms with Crippen LogP contribution in [0.2, 0.25) is 0 Å². The van der Waals surface area contributed by atoms with Gasteiger partial charge in [-0.15, -0.1) is 0 Å². The first kappa shape index (κ1) is 13.0. The zero-order valence-corrected chi connectivity index (χ0v) is 9.90. The van der Waals surface area contributed by atoms with Crippen LogP contribution in [0.15, 0.2) is 18.2 Å². The van der Waals surface area contributed by atoms with Gasteiger partial charge < -0.3 is 16.2 Å². The van der Waals surface area contributed by atoms with Gasteiger partial charge in [0.2, 0.25) is 5.91 Å². The van der Waals surface area contributed by atoms with E-state index in [4.69, 9.17) is 16.2 Å². The van der Waals surface area contributed by atoms with E-state index >= 15 is 0 Å². The van der Waals surface area contributed by atoms with Crippen LogP contribution < -0.4 is 11.5 Å². The summed E-state index contributed by atoms with van der Waals surface area (Å²) in [6.45, 7) is 3.39. The number of carbonyl (C=O) groups is 2. The van der Waals surface area contributed by atoms with Gasteiger partial charge in [0.25, 0.3) is 0 Å². The Kier molecular flexibility index (Phi) is 4.09. The molecule has 5 nitrogen and oxygen atoms in total. The van der Waals surface area contributed by atoms with E-state index in [2.05, 4.69) is 0 Å². The number of hydrogen-bond acceptors (Lipinski definition) is 4. The molecule has 0 saturated heterocycles. The Balaban J connectivity index is 2.64. The Morgan fingerprint density at radius 1 is 1.41 bits per heavy atom. The van der Waals surface area contributed by atoms with Crippen molar-refractivity contribution >= 4 is 17.6 Å². The van der Waals surface area contributed by atoms with E-state index in [1.807, 2.05) is 0 Å². The molecule has 0 radical (unpaired) electrons. The smallest absolute Gasteiger partial charge is 0.338 e. The highest BCUT2D eigenvalue weighted by molar-refractivity contribution is 5.90. The minimum absolute atomic E-state index is 0.0163. The van der Waals surface area contributed by atoms with E-state index in [-0.39, 0.29) is 6.61 Å². The first-order chi connectivity index (χ1) is 7.91. The molecule has 1 rings (SSSR count). The van der Waals surface area contributed by atoms with Gasteiger partial charge in [0.05, 0.1) is 11.5 Å². The topological polar surface area (TPSA) is 95.4 Å². The molecule has 0 saturated carbocycles. The lowest BCUT2D eigenvalue weighted by Crippen LogP contribution is -2.25. The van der Waals surface area contributed by atoms with Crippen LogP contribution in [0.1, 0.15) is 22.8 Å². The van der Waals surface area contributed by atoms with Gasteiger partial charge in [-0.1, -0.05) is 6.92 Å². The van der Waals surface area contributed by atoms with E-state index in [9.17, 15) is 9.59 Å². The lowest BCUT2D eigenvalue weighted by Gasteiger charge is -2.09. The van der Waals surface area contributed by atoms with Crippen molar-refractivity contribution in [2.24, 2.45) is 11.7 Å². The molecular weight excluding hydrogens is 220 g/mol. The van der Waals surface area contributed by atoms with Crippen molar-refractivity contribution in [3.05, 3.63) is 29.3 Å². The summed E-state index contributed by atoms with van der Waals surface area (Å²) in [5, 5.41) is 0. The van der Waals surface area contributed by atoms with Crippen LogP contribution in [0, 0.1) is 12.8 Å². The number of primary amides is 1. The van der Waals surface area contributed by atoms with Crippen molar-refractivity contribution < 1.29 is 14.3 Å². The summed E-state index contributed by atoms with van der Waals surface area (Å²) in [7, 11) is 0. The second kappa shape index (κ2) is 5.34. The summed E-state index contributed by atoms with van der Waals surface area (Å²) in [6.07, 6.45) is 0. The third-order valence-corrected chi connectivity index (χ3v) is 2.46. The van der Waals surface area contributed by atoms with Crippen LogP contribution in [0.4, 0.5) is 5.69 Å². The molecule has 0 fully saturated rings. The average Bonchev–Trinajstić information content (AvgIpc) is 2.28. The molecule has 0 aliphatic heterocycles. The maximum Gasteiger partial charge on any atom is 0.338 e. The van der Waals surface area contributed by atoms with E-state index < -0.39 is 17.8 Å². The number of anilines is 1. The minimum Gasteiger partial charge on any atom is -0.461 e. The molecule has 1 atom stereocenters. The molecule has 0 heterocycles. The van der Waals surface area contributed by atoms with Crippen LogP contribution in [0.25, 0.3) is 0 Å². The summed E-state index contributed by atoms with van der Waals surface area (Å²) in [4.78, 5) is 22.4. The van der Waals surface area contributed by atoms with Crippen LogP contribution in [0.5, 0.6) is 0 Å². The fourth-order valence-corrected chi connectivity index (χ4v) is 1.17. The number of esters is 1. The number of amides is 1. The summed E-state index contributed by atoms with van der Waals surface area (Å²) in [6, 6.07) is 4.87. The van der Waals surface area contributed by atoms with Crippen LogP contribution in [0.3, 0.4) is 0 Å². The predicted octanol–water partition coefficient (Wildman–Crippen LogP) is 0.855. The minimum atomic E-state index is -0.494. The first-order valence-corrected chi connectivity index (χ1v) is 5.24. The highest BCUT2D eigenvalue weighted by atomic mass is 16.5. The summed E-state index contributed by atoms with van der Waals surface area (Å²) in [5.74, 6) is -1.47. The van der Waals surface area contributed by atoms with Gasteiger partial charge in [0, 0.05) is 5.69 Å². The largest absolute Gasteiger partial charge is 0.461 e. The number of rotatable bonds is 4. The van der Waals surface area contributed by atoms with Gasteiger partial charge in [-0.3, -0.25) is 4.79 Å². The molecule has 1 aromatic rings. The van der Waals surface area contributed by atoms with E-state index in [0.29, 0.717) is 11.3 Å². The molecule has 4 N–H and O–H groups in total. The number of benzene rings is 1. The quantitative estimate of drug-likeness (QED) is 0.598. The van der Waals surface area contributed by atoms with Crippen LogP contribution in [-0.4, -0.2) is 18.5 Å². The molecule has 17 heavy (non-hydrogen) atoms. The Labute approximate surface area is 99.7 Å². The third kappa shape index (κ3) is 3.48. The predicted molar refractivity (Wildman–Crippen MR) is 64.2 cm³/mol. The number of nitrogen functional groups attached to an aromatic ring is 1. The Bertz CT molecular complexity index is 443. The standard InChI is InChI=1S/C12H16N2O3/c1-7-5-9(3-4-10(7)13)12(16)17-6-8(2)11(14)15/h3-5,8H,6,13H2,1-2H3,(H2,14,15). The fraction of sp³-hybridized carbons (Fsp3) is 0.333. The first-order valence-electron chi connectivity index (χ1n) is 5.24. The number of aryl methyl sites for hydroxylation is 1. The van der Waals surface area contributed by atoms with Gasteiger partial charge in [-0.2, -0.15) is 0 Å². The van der Waals surface area contributed by atoms with Gasteiger partial charge in [-0.25, -0.2) is 4.79 Å². The van der Waals surface area contributed by atoms with Gasteiger partial charge in [0.1, 0.15) is 6.61 Å². The molecular formula is C12H16N2O3. The maximum atomic E-state index is 11.6. The Morgan fingerprint density at radius 2 is 2.06 bits per heavy atom. The number of hydrogen-bond donors (Lipinski definition) is 2.